The van der Waals surface area contributed by atoms with E-state index in [-0.39, 0.29) is 18.0 Å². The quantitative estimate of drug-likeness (QED) is 0.611. The van der Waals surface area contributed by atoms with Gasteiger partial charge in [-0.05, 0) is 38.5 Å². The summed E-state index contributed by atoms with van der Waals surface area (Å²) < 4.78 is 1.56. The summed E-state index contributed by atoms with van der Waals surface area (Å²) in [4.78, 5) is 22.5. The van der Waals surface area contributed by atoms with E-state index in [1.807, 2.05) is 0 Å². The van der Waals surface area contributed by atoms with Crippen LogP contribution >= 0.6 is 23.2 Å². The van der Waals surface area contributed by atoms with Gasteiger partial charge in [-0.15, -0.1) is 0 Å². The number of carbonyl (C=O) groups is 1. The van der Waals surface area contributed by atoms with Gasteiger partial charge in [0.25, 0.3) is 0 Å². The molecule has 0 unspecified atom stereocenters. The Kier molecular flexibility index (Phi) is 5.80. The van der Waals surface area contributed by atoms with Crippen LogP contribution in [0.15, 0.2) is 18.2 Å². The molecule has 1 N–H and O–H groups in total. The molecule has 128 valence electrons. The fraction of sp³-hybridized carbons (Fsp3) is 0.333. The van der Waals surface area contributed by atoms with Gasteiger partial charge in [0, 0.05) is 18.7 Å². The van der Waals surface area contributed by atoms with E-state index in [1.165, 1.54) is 0 Å². The number of amides is 1. The molecule has 0 saturated heterocycles. The summed E-state index contributed by atoms with van der Waals surface area (Å²) in [5.41, 5.74) is 1.45. The summed E-state index contributed by atoms with van der Waals surface area (Å²) in [6.45, 7) is 3.67. The fourth-order valence-electron chi connectivity index (χ4n) is 2.36. The minimum atomic E-state index is -0.439. The van der Waals surface area contributed by atoms with Crippen molar-refractivity contribution in [2.24, 2.45) is 0 Å². The van der Waals surface area contributed by atoms with Crippen molar-refractivity contribution < 1.29 is 9.72 Å². The van der Waals surface area contributed by atoms with Crippen LogP contribution in [-0.2, 0) is 11.3 Å². The number of halogens is 2. The van der Waals surface area contributed by atoms with Crippen molar-refractivity contribution in [1.82, 2.24) is 9.78 Å². The topological polar surface area (TPSA) is 90.1 Å². The van der Waals surface area contributed by atoms with Crippen molar-refractivity contribution in [3.63, 3.8) is 0 Å². The van der Waals surface area contributed by atoms with Gasteiger partial charge < -0.3 is 5.32 Å². The molecule has 0 aliphatic rings. The number of nitrogens with zero attached hydrogens (tertiary/aromatic N) is 3. The number of carbonyl (C=O) groups excluding carboxylic acids is 1. The highest BCUT2D eigenvalue weighted by molar-refractivity contribution is 6.42. The Morgan fingerprint density at radius 3 is 2.62 bits per heavy atom. The maximum Gasteiger partial charge on any atom is 0.312 e. The lowest BCUT2D eigenvalue weighted by Gasteiger charge is -2.07. The predicted octanol–water partition coefficient (Wildman–Crippen LogP) is 4.13. The Labute approximate surface area is 148 Å². The van der Waals surface area contributed by atoms with E-state index in [0.717, 1.165) is 0 Å². The molecule has 9 heteroatoms. The minimum Gasteiger partial charge on any atom is -0.326 e. The third-order valence-corrected chi connectivity index (χ3v) is 4.24. The Hall–Kier alpha value is -2.12. The number of rotatable bonds is 6. The van der Waals surface area contributed by atoms with Gasteiger partial charge in [0.1, 0.15) is 11.4 Å². The highest BCUT2D eigenvalue weighted by atomic mass is 35.5. The third-order valence-electron chi connectivity index (χ3n) is 3.50. The number of nitro groups is 1. The van der Waals surface area contributed by atoms with Crippen LogP contribution in [0.3, 0.4) is 0 Å². The molecule has 0 fully saturated rings. The van der Waals surface area contributed by atoms with Gasteiger partial charge >= 0.3 is 5.69 Å². The molecule has 2 aromatic rings. The van der Waals surface area contributed by atoms with Crippen molar-refractivity contribution in [3.05, 3.63) is 49.7 Å². The molecule has 2 rings (SSSR count). The zero-order valence-corrected chi connectivity index (χ0v) is 14.7. The second-order valence-corrected chi connectivity index (χ2v) is 6.09. The molecule has 1 aromatic heterocycles. The fourth-order valence-corrected chi connectivity index (χ4v) is 2.65. The molecule has 0 aliphatic carbocycles. The van der Waals surface area contributed by atoms with Crippen LogP contribution in [0.1, 0.15) is 24.2 Å². The Balaban J connectivity index is 1.90. The van der Waals surface area contributed by atoms with Crippen LogP contribution in [-0.4, -0.2) is 20.6 Å². The predicted molar refractivity (Wildman–Crippen MR) is 92.7 cm³/mol. The zero-order valence-electron chi connectivity index (χ0n) is 13.2. The van der Waals surface area contributed by atoms with Crippen molar-refractivity contribution in [2.75, 3.05) is 5.32 Å². The first-order valence-electron chi connectivity index (χ1n) is 7.23. The molecule has 0 atom stereocenters. The Morgan fingerprint density at radius 2 is 2.04 bits per heavy atom. The minimum absolute atomic E-state index is 0.0234. The molecule has 0 aliphatic heterocycles. The molecule has 1 heterocycles. The number of aryl methyl sites for hydroxylation is 2. The molecule has 24 heavy (non-hydrogen) atoms. The number of hydrogen-bond acceptors (Lipinski definition) is 4. The van der Waals surface area contributed by atoms with Crippen LogP contribution in [0, 0.1) is 24.0 Å². The SMILES string of the molecule is Cc1nn(CCCC(=O)Nc2ccc(Cl)c(Cl)c2)c(C)c1[N+](=O)[O-]. The summed E-state index contributed by atoms with van der Waals surface area (Å²) in [6, 6.07) is 4.84. The van der Waals surface area contributed by atoms with Crippen molar-refractivity contribution >= 4 is 40.5 Å². The highest BCUT2D eigenvalue weighted by Crippen LogP contribution is 2.25. The summed E-state index contributed by atoms with van der Waals surface area (Å²) in [5, 5.41) is 18.6. The van der Waals surface area contributed by atoms with Gasteiger partial charge in [0.2, 0.25) is 5.91 Å². The molecule has 0 saturated carbocycles. The normalized spacial score (nSPS) is 10.7. The number of hydrogen-bond donors (Lipinski definition) is 1. The van der Waals surface area contributed by atoms with Crippen molar-refractivity contribution in [3.8, 4) is 0 Å². The van der Waals surface area contributed by atoms with E-state index in [0.29, 0.717) is 40.1 Å². The molecule has 7 nitrogen and oxygen atoms in total. The zero-order chi connectivity index (χ0) is 17.9. The number of anilines is 1. The maximum absolute atomic E-state index is 11.9. The van der Waals surface area contributed by atoms with Gasteiger partial charge in [-0.1, -0.05) is 23.2 Å². The van der Waals surface area contributed by atoms with E-state index < -0.39 is 4.92 Å². The monoisotopic (exact) mass is 370 g/mol. The van der Waals surface area contributed by atoms with E-state index >= 15 is 0 Å². The lowest BCUT2D eigenvalue weighted by atomic mass is 10.2. The molecule has 0 spiro atoms. The van der Waals surface area contributed by atoms with Gasteiger partial charge in [0.15, 0.2) is 0 Å². The molecular weight excluding hydrogens is 355 g/mol. The van der Waals surface area contributed by atoms with E-state index in [1.54, 1.807) is 36.7 Å². The molecule has 1 aromatic carbocycles. The standard InChI is InChI=1S/C15H16Cl2N4O3/c1-9-15(21(23)24)10(2)20(19-9)7-3-4-14(22)18-11-5-6-12(16)13(17)8-11/h5-6,8H,3-4,7H2,1-2H3,(H,18,22). The molecular formula is C15H16Cl2N4O3. The molecule has 1 amide bonds. The molecule has 0 bridgehead atoms. The average molecular weight is 371 g/mol. The Morgan fingerprint density at radius 1 is 1.33 bits per heavy atom. The largest absolute Gasteiger partial charge is 0.326 e. The lowest BCUT2D eigenvalue weighted by Crippen LogP contribution is -2.13. The number of nitrogens with one attached hydrogen (secondary N) is 1. The summed E-state index contributed by atoms with van der Waals surface area (Å²) in [5.74, 6) is -0.176. The van der Waals surface area contributed by atoms with E-state index in [2.05, 4.69) is 10.4 Å². The second-order valence-electron chi connectivity index (χ2n) is 5.28. The van der Waals surface area contributed by atoms with Crippen molar-refractivity contribution in [1.29, 1.82) is 0 Å². The first-order valence-corrected chi connectivity index (χ1v) is 7.98. The van der Waals surface area contributed by atoms with Gasteiger partial charge in [-0.2, -0.15) is 5.10 Å². The maximum atomic E-state index is 11.9. The summed E-state index contributed by atoms with van der Waals surface area (Å²) in [6.07, 6.45) is 0.763. The lowest BCUT2D eigenvalue weighted by molar-refractivity contribution is -0.386. The van der Waals surface area contributed by atoms with Gasteiger partial charge in [0.05, 0.1) is 15.0 Å². The average Bonchev–Trinajstić information content (AvgIpc) is 2.77. The smallest absolute Gasteiger partial charge is 0.312 e. The summed E-state index contributed by atoms with van der Waals surface area (Å²) >= 11 is 11.7. The number of benzene rings is 1. The van der Waals surface area contributed by atoms with Gasteiger partial charge in [-0.25, -0.2) is 0 Å². The first-order chi connectivity index (χ1) is 11.3. The van der Waals surface area contributed by atoms with E-state index in [9.17, 15) is 14.9 Å². The highest BCUT2D eigenvalue weighted by Gasteiger charge is 2.21. The molecule has 0 radical (unpaired) electrons. The second kappa shape index (κ2) is 7.63. The summed E-state index contributed by atoms with van der Waals surface area (Å²) in [7, 11) is 0. The van der Waals surface area contributed by atoms with Crippen LogP contribution < -0.4 is 5.32 Å². The first kappa shape index (κ1) is 18.2. The van der Waals surface area contributed by atoms with Crippen LogP contribution in [0.2, 0.25) is 10.0 Å². The van der Waals surface area contributed by atoms with Crippen LogP contribution in [0.4, 0.5) is 11.4 Å². The van der Waals surface area contributed by atoms with Crippen molar-refractivity contribution in [2.45, 2.75) is 33.2 Å². The van der Waals surface area contributed by atoms with Crippen LogP contribution in [0.5, 0.6) is 0 Å². The van der Waals surface area contributed by atoms with E-state index in [4.69, 9.17) is 23.2 Å². The third kappa shape index (κ3) is 4.24. The van der Waals surface area contributed by atoms with Gasteiger partial charge in [-0.3, -0.25) is 19.6 Å². The Bertz CT molecular complexity index is 789. The number of aromatic nitrogens is 2. The van der Waals surface area contributed by atoms with Crippen LogP contribution in [0.25, 0.3) is 0 Å².